The predicted octanol–water partition coefficient (Wildman–Crippen LogP) is 3.85. The first-order valence-electron chi connectivity index (χ1n) is 8.17. The monoisotopic (exact) mass is 342 g/mol. The van der Waals surface area contributed by atoms with Gasteiger partial charge in [-0.25, -0.2) is 0 Å². The van der Waals surface area contributed by atoms with Crippen LogP contribution >= 0.6 is 11.6 Å². The van der Waals surface area contributed by atoms with Gasteiger partial charge in [-0.3, -0.25) is 4.79 Å². The zero-order valence-electron chi connectivity index (χ0n) is 13.9. The minimum absolute atomic E-state index is 0.422. The lowest BCUT2D eigenvalue weighted by molar-refractivity contribution is 0.0978. The predicted molar refractivity (Wildman–Crippen MR) is 92.3 cm³/mol. The molecule has 1 aromatic rings. The summed E-state index contributed by atoms with van der Waals surface area (Å²) in [6.45, 7) is 3.86. The van der Waals surface area contributed by atoms with Crippen molar-refractivity contribution in [3.63, 3.8) is 0 Å². The molecule has 0 N–H and O–H groups in total. The van der Waals surface area contributed by atoms with Crippen LogP contribution in [0.4, 0.5) is 0 Å². The van der Waals surface area contributed by atoms with Gasteiger partial charge in [-0.05, 0) is 61.4 Å². The lowest BCUT2D eigenvalue weighted by atomic mass is 10.1. The van der Waals surface area contributed by atoms with Crippen LogP contribution in [0.3, 0.4) is 0 Å². The number of unbranched alkanes of at least 4 members (excludes halogenated alkanes) is 2. The second-order valence-corrected chi connectivity index (χ2v) is 5.70. The number of benzene rings is 1. The van der Waals surface area contributed by atoms with Gasteiger partial charge in [0, 0.05) is 39.1 Å². The van der Waals surface area contributed by atoms with Gasteiger partial charge in [-0.15, -0.1) is 0 Å². The van der Waals surface area contributed by atoms with E-state index in [0.29, 0.717) is 12.2 Å². The fourth-order valence-corrected chi connectivity index (χ4v) is 2.18. The molecular weight excluding hydrogens is 316 g/mol. The van der Waals surface area contributed by atoms with Crippen LogP contribution in [0.2, 0.25) is 0 Å². The number of halogens is 1. The van der Waals surface area contributed by atoms with Crippen molar-refractivity contribution in [1.82, 2.24) is 0 Å². The van der Waals surface area contributed by atoms with Gasteiger partial charge in [-0.2, -0.15) is 0 Å². The third-order valence-corrected chi connectivity index (χ3v) is 3.65. The van der Waals surface area contributed by atoms with Gasteiger partial charge in [0.05, 0.1) is 6.61 Å². The van der Waals surface area contributed by atoms with E-state index in [0.717, 1.165) is 64.1 Å². The Balaban J connectivity index is 1.90. The Morgan fingerprint density at radius 2 is 1.39 bits per heavy atom. The molecule has 0 aromatic heterocycles. The molecule has 0 saturated heterocycles. The van der Waals surface area contributed by atoms with Crippen LogP contribution in [0.25, 0.3) is 0 Å². The standard InChI is InChI=1S/C18H27ClO4/c1-21-11-2-3-12-22-13-4-5-14-23-15-10-16-6-8-17(9-7-16)18(19)20/h6-9H,2-5,10-15H2,1H3. The van der Waals surface area contributed by atoms with Crippen LogP contribution in [0.5, 0.6) is 0 Å². The molecule has 0 radical (unpaired) electrons. The molecule has 4 nitrogen and oxygen atoms in total. The summed E-state index contributed by atoms with van der Waals surface area (Å²) in [4.78, 5) is 11.0. The number of hydrogen-bond acceptors (Lipinski definition) is 4. The molecule has 0 saturated carbocycles. The van der Waals surface area contributed by atoms with Crippen molar-refractivity contribution in [3.8, 4) is 0 Å². The topological polar surface area (TPSA) is 44.8 Å². The van der Waals surface area contributed by atoms with Gasteiger partial charge in [-0.1, -0.05) is 12.1 Å². The summed E-state index contributed by atoms with van der Waals surface area (Å²) < 4.78 is 16.1. The first kappa shape index (κ1) is 20.1. The number of carbonyl (C=O) groups is 1. The Labute approximate surface area is 144 Å². The van der Waals surface area contributed by atoms with Crippen LogP contribution in [0.15, 0.2) is 24.3 Å². The number of ether oxygens (including phenoxy) is 3. The number of rotatable bonds is 14. The maximum Gasteiger partial charge on any atom is 0.252 e. The van der Waals surface area contributed by atoms with Crippen LogP contribution in [0.1, 0.15) is 41.6 Å². The van der Waals surface area contributed by atoms with E-state index in [9.17, 15) is 4.79 Å². The summed E-state index contributed by atoms with van der Waals surface area (Å²) in [6.07, 6.45) is 4.99. The van der Waals surface area contributed by atoms with E-state index >= 15 is 0 Å². The molecule has 0 unspecified atom stereocenters. The first-order valence-corrected chi connectivity index (χ1v) is 8.55. The summed E-state index contributed by atoms with van der Waals surface area (Å²) >= 11 is 5.41. The van der Waals surface area contributed by atoms with Gasteiger partial charge in [0.2, 0.25) is 0 Å². The Hall–Kier alpha value is -0.940. The van der Waals surface area contributed by atoms with Crippen LogP contribution in [-0.4, -0.2) is 45.4 Å². The molecule has 1 aromatic carbocycles. The van der Waals surface area contributed by atoms with E-state index in [4.69, 9.17) is 25.8 Å². The van der Waals surface area contributed by atoms with Crippen molar-refractivity contribution in [1.29, 1.82) is 0 Å². The summed E-state index contributed by atoms with van der Waals surface area (Å²) in [7, 11) is 1.72. The van der Waals surface area contributed by atoms with Gasteiger partial charge >= 0.3 is 0 Å². The zero-order chi connectivity index (χ0) is 16.8. The molecule has 0 bridgehead atoms. The van der Waals surface area contributed by atoms with E-state index in [1.165, 1.54) is 0 Å². The molecule has 0 atom stereocenters. The first-order chi connectivity index (χ1) is 11.2. The van der Waals surface area contributed by atoms with Crippen molar-refractivity contribution >= 4 is 16.8 Å². The third kappa shape index (κ3) is 10.4. The molecular formula is C18H27ClO4. The molecule has 0 fully saturated rings. The second kappa shape index (κ2) is 13.5. The van der Waals surface area contributed by atoms with Crippen molar-refractivity contribution in [2.75, 3.05) is 40.1 Å². The maximum atomic E-state index is 11.0. The molecule has 1 rings (SSSR count). The summed E-state index contributed by atoms with van der Waals surface area (Å²) in [5, 5.41) is -0.422. The van der Waals surface area contributed by atoms with E-state index in [2.05, 4.69) is 0 Å². The van der Waals surface area contributed by atoms with Gasteiger partial charge < -0.3 is 14.2 Å². The normalized spacial score (nSPS) is 10.9. The van der Waals surface area contributed by atoms with Crippen molar-refractivity contribution in [2.45, 2.75) is 32.1 Å². The summed E-state index contributed by atoms with van der Waals surface area (Å²) in [5.41, 5.74) is 1.67. The SMILES string of the molecule is COCCCCOCCCCOCCc1ccc(C(=O)Cl)cc1. The minimum atomic E-state index is -0.422. The third-order valence-electron chi connectivity index (χ3n) is 3.43. The largest absolute Gasteiger partial charge is 0.385 e. The van der Waals surface area contributed by atoms with E-state index in [1.807, 2.05) is 12.1 Å². The highest BCUT2D eigenvalue weighted by molar-refractivity contribution is 6.67. The smallest absolute Gasteiger partial charge is 0.252 e. The lowest BCUT2D eigenvalue weighted by Crippen LogP contribution is -2.03. The Morgan fingerprint density at radius 1 is 0.870 bits per heavy atom. The van der Waals surface area contributed by atoms with E-state index in [1.54, 1.807) is 19.2 Å². The molecule has 130 valence electrons. The van der Waals surface area contributed by atoms with Crippen molar-refractivity contribution in [3.05, 3.63) is 35.4 Å². The number of carbonyl (C=O) groups excluding carboxylic acids is 1. The minimum Gasteiger partial charge on any atom is -0.385 e. The molecule has 0 aliphatic carbocycles. The van der Waals surface area contributed by atoms with Crippen molar-refractivity contribution < 1.29 is 19.0 Å². The quantitative estimate of drug-likeness (QED) is 0.380. The molecule has 0 aliphatic rings. The Morgan fingerprint density at radius 3 is 1.91 bits per heavy atom. The lowest BCUT2D eigenvalue weighted by Gasteiger charge is -2.06. The van der Waals surface area contributed by atoms with Crippen LogP contribution in [-0.2, 0) is 20.6 Å². The van der Waals surface area contributed by atoms with Crippen LogP contribution < -0.4 is 0 Å². The molecule has 0 amide bonds. The van der Waals surface area contributed by atoms with E-state index < -0.39 is 5.24 Å². The average molecular weight is 343 g/mol. The molecule has 0 spiro atoms. The fraction of sp³-hybridized carbons (Fsp3) is 0.611. The fourth-order valence-electron chi connectivity index (χ4n) is 2.06. The molecule has 23 heavy (non-hydrogen) atoms. The molecule has 0 aliphatic heterocycles. The molecule has 0 heterocycles. The van der Waals surface area contributed by atoms with Gasteiger partial charge in [0.25, 0.3) is 5.24 Å². The number of methoxy groups -OCH3 is 1. The zero-order valence-corrected chi connectivity index (χ0v) is 14.6. The second-order valence-electron chi connectivity index (χ2n) is 5.35. The van der Waals surface area contributed by atoms with Crippen LogP contribution in [0, 0.1) is 0 Å². The highest BCUT2D eigenvalue weighted by Crippen LogP contribution is 2.08. The average Bonchev–Trinajstić information content (AvgIpc) is 2.56. The number of hydrogen-bond donors (Lipinski definition) is 0. The summed E-state index contributed by atoms with van der Waals surface area (Å²) in [5.74, 6) is 0. The molecule has 5 heteroatoms. The van der Waals surface area contributed by atoms with Gasteiger partial charge in [0.1, 0.15) is 0 Å². The van der Waals surface area contributed by atoms with E-state index in [-0.39, 0.29) is 0 Å². The highest BCUT2D eigenvalue weighted by Gasteiger charge is 2.01. The summed E-state index contributed by atoms with van der Waals surface area (Å²) in [6, 6.07) is 7.32. The Kier molecular flexibility index (Phi) is 11.8. The maximum absolute atomic E-state index is 11.0. The highest BCUT2D eigenvalue weighted by atomic mass is 35.5. The van der Waals surface area contributed by atoms with Crippen molar-refractivity contribution in [2.24, 2.45) is 0 Å². The van der Waals surface area contributed by atoms with Gasteiger partial charge in [0.15, 0.2) is 0 Å². The Bertz CT molecular complexity index is 420.